The zero-order valence-corrected chi connectivity index (χ0v) is 11.9. The third-order valence-corrected chi connectivity index (χ3v) is 3.06. The van der Waals surface area contributed by atoms with Gasteiger partial charge in [-0.15, -0.1) is 0 Å². The van der Waals surface area contributed by atoms with Gasteiger partial charge in [-0.3, -0.25) is 0 Å². The molecule has 3 aromatic heterocycles. The molecule has 0 fully saturated rings. The highest BCUT2D eigenvalue weighted by Crippen LogP contribution is 2.11. The first-order valence-electron chi connectivity index (χ1n) is 6.67. The van der Waals surface area contributed by atoms with Gasteiger partial charge in [0.25, 0.3) is 5.78 Å². The molecule has 0 aliphatic rings. The Morgan fingerprint density at radius 1 is 1.29 bits per heavy atom. The Kier molecular flexibility index (Phi) is 3.63. The van der Waals surface area contributed by atoms with Crippen LogP contribution in [0.15, 0.2) is 30.6 Å². The third kappa shape index (κ3) is 2.91. The van der Waals surface area contributed by atoms with Crippen molar-refractivity contribution >= 4 is 11.6 Å². The van der Waals surface area contributed by atoms with Crippen molar-refractivity contribution in [3.05, 3.63) is 42.0 Å². The molecule has 3 heterocycles. The number of methoxy groups -OCH3 is 1. The minimum atomic E-state index is 0.594. The molecule has 0 aliphatic heterocycles. The Morgan fingerprint density at radius 3 is 3.05 bits per heavy atom. The van der Waals surface area contributed by atoms with Crippen molar-refractivity contribution in [2.24, 2.45) is 0 Å². The number of nitrogens with zero attached hydrogens (tertiary/aromatic N) is 5. The fraction of sp³-hybridized carbons (Fsp3) is 0.286. The average Bonchev–Trinajstić information content (AvgIpc) is 2.95. The van der Waals surface area contributed by atoms with E-state index in [1.807, 2.05) is 31.2 Å². The van der Waals surface area contributed by atoms with Crippen LogP contribution in [-0.4, -0.2) is 38.2 Å². The molecule has 21 heavy (non-hydrogen) atoms. The second-order valence-corrected chi connectivity index (χ2v) is 4.60. The second-order valence-electron chi connectivity index (χ2n) is 4.60. The first kappa shape index (κ1) is 13.3. The van der Waals surface area contributed by atoms with Crippen LogP contribution in [0.2, 0.25) is 0 Å². The summed E-state index contributed by atoms with van der Waals surface area (Å²) in [6, 6.07) is 7.70. The molecular weight excluding hydrogens is 268 g/mol. The van der Waals surface area contributed by atoms with Crippen molar-refractivity contribution in [3.63, 3.8) is 0 Å². The fourth-order valence-corrected chi connectivity index (χ4v) is 2.09. The van der Waals surface area contributed by atoms with Crippen LogP contribution >= 0.6 is 0 Å². The van der Waals surface area contributed by atoms with E-state index in [1.54, 1.807) is 11.6 Å². The van der Waals surface area contributed by atoms with Gasteiger partial charge in [-0.05, 0) is 13.0 Å². The second kappa shape index (κ2) is 5.74. The lowest BCUT2D eigenvalue weighted by atomic mass is 10.2. The maximum Gasteiger partial charge on any atom is 0.254 e. The molecule has 0 saturated carbocycles. The first-order valence-corrected chi connectivity index (χ1v) is 6.67. The summed E-state index contributed by atoms with van der Waals surface area (Å²) in [5, 5.41) is 7.50. The normalized spacial score (nSPS) is 10.8. The van der Waals surface area contributed by atoms with Crippen molar-refractivity contribution in [1.82, 2.24) is 24.6 Å². The number of hydrogen-bond donors (Lipinski definition) is 1. The van der Waals surface area contributed by atoms with E-state index in [0.717, 1.165) is 30.2 Å². The van der Waals surface area contributed by atoms with Crippen LogP contribution in [0, 0.1) is 6.92 Å². The summed E-state index contributed by atoms with van der Waals surface area (Å²) in [4.78, 5) is 12.8. The summed E-state index contributed by atoms with van der Waals surface area (Å²) in [7, 11) is 1.62. The Hall–Kier alpha value is -2.70. The van der Waals surface area contributed by atoms with Crippen LogP contribution in [0.4, 0.5) is 5.82 Å². The highest BCUT2D eigenvalue weighted by atomic mass is 16.5. The molecule has 0 aromatic carbocycles. The van der Waals surface area contributed by atoms with Gasteiger partial charge in [-0.1, -0.05) is 6.07 Å². The SMILES string of the molecule is COc1cccc(CCNc2cc(C)nc3ncnn23)n1. The van der Waals surface area contributed by atoms with E-state index < -0.39 is 0 Å². The highest BCUT2D eigenvalue weighted by molar-refractivity contribution is 5.44. The van der Waals surface area contributed by atoms with E-state index in [2.05, 4.69) is 25.4 Å². The van der Waals surface area contributed by atoms with Crippen LogP contribution in [0.25, 0.3) is 5.78 Å². The number of pyridine rings is 1. The van der Waals surface area contributed by atoms with Crippen LogP contribution in [0.5, 0.6) is 5.88 Å². The van der Waals surface area contributed by atoms with Crippen LogP contribution in [0.1, 0.15) is 11.4 Å². The largest absolute Gasteiger partial charge is 0.481 e. The Morgan fingerprint density at radius 2 is 2.19 bits per heavy atom. The summed E-state index contributed by atoms with van der Waals surface area (Å²) in [6.07, 6.45) is 2.28. The zero-order chi connectivity index (χ0) is 14.7. The molecule has 0 spiro atoms. The smallest absolute Gasteiger partial charge is 0.254 e. The van der Waals surface area contributed by atoms with E-state index in [1.165, 1.54) is 6.33 Å². The maximum atomic E-state index is 5.12. The van der Waals surface area contributed by atoms with E-state index in [0.29, 0.717) is 11.7 Å². The van der Waals surface area contributed by atoms with Gasteiger partial charge in [0.2, 0.25) is 5.88 Å². The van der Waals surface area contributed by atoms with Crippen molar-refractivity contribution in [1.29, 1.82) is 0 Å². The summed E-state index contributed by atoms with van der Waals surface area (Å²) < 4.78 is 6.81. The quantitative estimate of drug-likeness (QED) is 0.765. The molecule has 0 bridgehead atoms. The van der Waals surface area contributed by atoms with Crippen molar-refractivity contribution in [2.45, 2.75) is 13.3 Å². The van der Waals surface area contributed by atoms with Gasteiger partial charge < -0.3 is 10.1 Å². The van der Waals surface area contributed by atoms with Gasteiger partial charge in [0.15, 0.2) is 0 Å². The van der Waals surface area contributed by atoms with E-state index >= 15 is 0 Å². The predicted molar refractivity (Wildman–Crippen MR) is 78.5 cm³/mol. The van der Waals surface area contributed by atoms with Gasteiger partial charge in [0.05, 0.1) is 7.11 Å². The van der Waals surface area contributed by atoms with E-state index in [-0.39, 0.29) is 0 Å². The minimum Gasteiger partial charge on any atom is -0.481 e. The first-order chi connectivity index (χ1) is 10.3. The topological polar surface area (TPSA) is 77.2 Å². The molecule has 0 amide bonds. The fourth-order valence-electron chi connectivity index (χ4n) is 2.09. The lowest BCUT2D eigenvalue weighted by molar-refractivity contribution is 0.396. The summed E-state index contributed by atoms with van der Waals surface area (Å²) in [5.74, 6) is 2.10. The average molecular weight is 284 g/mol. The van der Waals surface area contributed by atoms with Crippen molar-refractivity contribution in [2.75, 3.05) is 19.0 Å². The number of ether oxygens (including phenoxy) is 1. The van der Waals surface area contributed by atoms with Crippen molar-refractivity contribution < 1.29 is 4.74 Å². The summed E-state index contributed by atoms with van der Waals surface area (Å²) >= 11 is 0. The number of nitrogens with one attached hydrogen (secondary N) is 1. The van der Waals surface area contributed by atoms with E-state index in [4.69, 9.17) is 4.74 Å². The van der Waals surface area contributed by atoms with Gasteiger partial charge in [0, 0.05) is 36.5 Å². The van der Waals surface area contributed by atoms with Gasteiger partial charge in [-0.25, -0.2) is 9.97 Å². The monoisotopic (exact) mass is 284 g/mol. The maximum absolute atomic E-state index is 5.12. The van der Waals surface area contributed by atoms with Crippen LogP contribution in [0.3, 0.4) is 0 Å². The zero-order valence-electron chi connectivity index (χ0n) is 11.9. The van der Waals surface area contributed by atoms with Crippen LogP contribution in [-0.2, 0) is 6.42 Å². The molecule has 1 N–H and O–H groups in total. The molecule has 0 aliphatic carbocycles. The standard InChI is InChI=1S/C14H16N6O/c1-10-8-12(20-14(18-10)16-9-17-20)15-7-6-11-4-3-5-13(19-11)21-2/h3-5,8-9,15H,6-7H2,1-2H3. The van der Waals surface area contributed by atoms with Crippen LogP contribution < -0.4 is 10.1 Å². The van der Waals surface area contributed by atoms with E-state index in [9.17, 15) is 0 Å². The van der Waals surface area contributed by atoms with Crippen molar-refractivity contribution in [3.8, 4) is 5.88 Å². The van der Waals surface area contributed by atoms with Gasteiger partial charge in [0.1, 0.15) is 12.1 Å². The molecule has 3 aromatic rings. The molecule has 3 rings (SSSR count). The number of aryl methyl sites for hydroxylation is 1. The molecular formula is C14H16N6O. The molecule has 7 nitrogen and oxygen atoms in total. The Balaban J connectivity index is 1.70. The lowest BCUT2D eigenvalue weighted by Gasteiger charge is -2.08. The number of anilines is 1. The molecule has 0 saturated heterocycles. The predicted octanol–water partition coefficient (Wildman–Crippen LogP) is 1.49. The number of aromatic nitrogens is 5. The molecule has 0 atom stereocenters. The summed E-state index contributed by atoms with van der Waals surface area (Å²) in [5.41, 5.74) is 1.87. The number of hydrogen-bond acceptors (Lipinski definition) is 6. The number of fused-ring (bicyclic) bond motifs is 1. The Bertz CT molecular complexity index is 754. The van der Waals surface area contributed by atoms with Gasteiger partial charge in [-0.2, -0.15) is 14.6 Å². The van der Waals surface area contributed by atoms with Gasteiger partial charge >= 0.3 is 0 Å². The molecule has 108 valence electrons. The Labute approximate surface area is 122 Å². The summed E-state index contributed by atoms with van der Waals surface area (Å²) in [6.45, 7) is 2.67. The molecule has 7 heteroatoms. The third-order valence-electron chi connectivity index (χ3n) is 3.06. The molecule has 0 radical (unpaired) electrons. The lowest BCUT2D eigenvalue weighted by Crippen LogP contribution is -2.11. The minimum absolute atomic E-state index is 0.594. The highest BCUT2D eigenvalue weighted by Gasteiger charge is 2.05. The molecule has 0 unspecified atom stereocenters. The number of rotatable bonds is 5.